The molecule has 0 aromatic heterocycles. The summed E-state index contributed by atoms with van der Waals surface area (Å²) in [5, 5.41) is 14.2. The first-order chi connectivity index (χ1) is 12.1. The van der Waals surface area contributed by atoms with Crippen molar-refractivity contribution in [3.05, 3.63) is 36.4 Å². The van der Waals surface area contributed by atoms with Crippen molar-refractivity contribution in [1.82, 2.24) is 0 Å². The fourth-order valence-corrected chi connectivity index (χ4v) is 3.90. The van der Waals surface area contributed by atoms with Gasteiger partial charge in [-0.15, -0.1) is 0 Å². The molecule has 1 N–H and O–H groups in total. The van der Waals surface area contributed by atoms with Crippen LogP contribution in [0.15, 0.2) is 36.4 Å². The maximum absolute atomic E-state index is 12.6. The number of carbonyl (C=O) groups is 2. The zero-order chi connectivity index (χ0) is 17.8. The summed E-state index contributed by atoms with van der Waals surface area (Å²) in [5.74, 6) is -1.97. The number of hydrogen-bond donors (Lipinski definition) is 1. The van der Waals surface area contributed by atoms with Gasteiger partial charge in [-0.2, -0.15) is 0 Å². The molecule has 2 bridgehead atoms. The van der Waals surface area contributed by atoms with Crippen molar-refractivity contribution < 1.29 is 19.4 Å². The summed E-state index contributed by atoms with van der Waals surface area (Å²) in [7, 11) is 0. The summed E-state index contributed by atoms with van der Waals surface area (Å²) in [6.45, 7) is 2.83. The van der Waals surface area contributed by atoms with E-state index in [0.717, 1.165) is 31.4 Å². The van der Waals surface area contributed by atoms with E-state index in [0.29, 0.717) is 12.3 Å². The molecule has 0 saturated heterocycles. The van der Waals surface area contributed by atoms with Crippen LogP contribution in [0.2, 0.25) is 0 Å². The van der Waals surface area contributed by atoms with Crippen LogP contribution < -0.4 is 15.2 Å². The van der Waals surface area contributed by atoms with Crippen molar-refractivity contribution in [2.24, 2.45) is 23.7 Å². The van der Waals surface area contributed by atoms with E-state index in [1.807, 2.05) is 24.3 Å². The fraction of sp³-hybridized carbons (Fsp3) is 0.500. The molecule has 25 heavy (non-hydrogen) atoms. The number of anilines is 1. The van der Waals surface area contributed by atoms with Gasteiger partial charge in [-0.3, -0.25) is 4.79 Å². The van der Waals surface area contributed by atoms with E-state index in [2.05, 4.69) is 12.2 Å². The minimum absolute atomic E-state index is 0.00549. The van der Waals surface area contributed by atoms with Gasteiger partial charge in [-0.05, 0) is 48.9 Å². The molecule has 0 aliphatic heterocycles. The SMILES string of the molecule is CCCCCOc1ccc(NC(=O)[C@H]2[C@@H](C(=O)[O-])[C@@H]3C=C[C@H]2C3)cc1. The number of rotatable bonds is 8. The topological polar surface area (TPSA) is 78.5 Å². The van der Waals surface area contributed by atoms with Crippen LogP contribution in [-0.2, 0) is 9.59 Å². The second-order valence-corrected chi connectivity index (χ2v) is 6.89. The van der Waals surface area contributed by atoms with Gasteiger partial charge in [0.1, 0.15) is 5.75 Å². The van der Waals surface area contributed by atoms with Crippen LogP contribution in [0.4, 0.5) is 5.69 Å². The van der Waals surface area contributed by atoms with Gasteiger partial charge in [-0.25, -0.2) is 0 Å². The number of nitrogens with one attached hydrogen (secondary N) is 1. The highest BCUT2D eigenvalue weighted by Crippen LogP contribution is 2.48. The zero-order valence-corrected chi connectivity index (χ0v) is 14.4. The number of amides is 1. The molecule has 134 valence electrons. The summed E-state index contributed by atoms with van der Waals surface area (Å²) in [6.07, 6.45) is 7.91. The van der Waals surface area contributed by atoms with Crippen molar-refractivity contribution >= 4 is 17.6 Å². The van der Waals surface area contributed by atoms with Crippen LogP contribution in [0, 0.1) is 23.7 Å². The summed E-state index contributed by atoms with van der Waals surface area (Å²) < 4.78 is 5.65. The number of carboxylic acids is 1. The third-order valence-electron chi connectivity index (χ3n) is 5.17. The number of ether oxygens (including phenoxy) is 1. The third kappa shape index (κ3) is 3.86. The van der Waals surface area contributed by atoms with Crippen LogP contribution in [0.5, 0.6) is 5.75 Å². The highest BCUT2D eigenvalue weighted by Gasteiger charge is 2.48. The third-order valence-corrected chi connectivity index (χ3v) is 5.17. The van der Waals surface area contributed by atoms with Gasteiger partial charge in [0, 0.05) is 17.6 Å². The minimum atomic E-state index is -1.13. The van der Waals surface area contributed by atoms with Crippen molar-refractivity contribution in [2.75, 3.05) is 11.9 Å². The number of fused-ring (bicyclic) bond motifs is 2. The molecule has 4 atom stereocenters. The number of allylic oxidation sites excluding steroid dienone is 2. The number of carbonyl (C=O) groups excluding carboxylic acids is 2. The van der Waals surface area contributed by atoms with Gasteiger partial charge in [-0.1, -0.05) is 31.9 Å². The Labute approximate surface area is 148 Å². The van der Waals surface area contributed by atoms with E-state index in [9.17, 15) is 14.7 Å². The Bertz CT molecular complexity index is 652. The molecular weight excluding hydrogens is 318 g/mol. The van der Waals surface area contributed by atoms with Gasteiger partial charge in [0.15, 0.2) is 0 Å². The lowest BCUT2D eigenvalue weighted by molar-refractivity contribution is -0.313. The summed E-state index contributed by atoms with van der Waals surface area (Å²) in [5.41, 5.74) is 0.648. The molecule has 5 nitrogen and oxygen atoms in total. The molecule has 5 heteroatoms. The molecule has 0 radical (unpaired) electrons. The first kappa shape index (κ1) is 17.5. The van der Waals surface area contributed by atoms with Crippen molar-refractivity contribution in [2.45, 2.75) is 32.6 Å². The minimum Gasteiger partial charge on any atom is -0.550 e. The average molecular weight is 342 g/mol. The first-order valence-electron chi connectivity index (χ1n) is 9.03. The molecule has 1 fully saturated rings. The van der Waals surface area contributed by atoms with E-state index >= 15 is 0 Å². The molecule has 1 saturated carbocycles. The highest BCUT2D eigenvalue weighted by molar-refractivity contribution is 5.96. The standard InChI is InChI=1S/C20H25NO4/c1-2-3-4-11-25-16-9-7-15(8-10-16)21-19(22)17-13-5-6-14(12-13)18(17)20(23)24/h5-10,13-14,17-18H,2-4,11-12H2,1H3,(H,21,22)(H,23,24)/p-1/t13-,14+,17+,18-/m0/s1. The number of benzene rings is 1. The van der Waals surface area contributed by atoms with Crippen LogP contribution >= 0.6 is 0 Å². The molecule has 3 rings (SSSR count). The summed E-state index contributed by atoms with van der Waals surface area (Å²) in [4.78, 5) is 24.0. The molecule has 1 aromatic carbocycles. The van der Waals surface area contributed by atoms with E-state index in [-0.39, 0.29) is 17.7 Å². The number of aliphatic carboxylic acids is 1. The monoisotopic (exact) mass is 342 g/mol. The molecular formula is C20H24NO4-. The van der Waals surface area contributed by atoms with Crippen molar-refractivity contribution in [1.29, 1.82) is 0 Å². The summed E-state index contributed by atoms with van der Waals surface area (Å²) >= 11 is 0. The number of carboxylic acid groups (broad SMARTS) is 1. The van der Waals surface area contributed by atoms with Gasteiger partial charge in [0.2, 0.25) is 5.91 Å². The van der Waals surface area contributed by atoms with Crippen LogP contribution in [0.25, 0.3) is 0 Å². The van der Waals surface area contributed by atoms with Gasteiger partial charge in [0.05, 0.1) is 12.5 Å². The van der Waals surface area contributed by atoms with E-state index < -0.39 is 17.8 Å². The second kappa shape index (κ2) is 7.72. The van der Waals surface area contributed by atoms with E-state index in [1.165, 1.54) is 0 Å². The fourth-order valence-electron chi connectivity index (χ4n) is 3.90. The van der Waals surface area contributed by atoms with Gasteiger partial charge >= 0.3 is 0 Å². The first-order valence-corrected chi connectivity index (χ1v) is 9.03. The molecule has 0 heterocycles. The molecule has 0 spiro atoms. The van der Waals surface area contributed by atoms with E-state index in [1.54, 1.807) is 12.1 Å². The zero-order valence-electron chi connectivity index (χ0n) is 14.4. The maximum atomic E-state index is 12.6. The molecule has 0 unspecified atom stereocenters. The molecule has 2 aliphatic rings. The quantitative estimate of drug-likeness (QED) is 0.581. The predicted molar refractivity (Wildman–Crippen MR) is 92.8 cm³/mol. The Morgan fingerprint density at radius 1 is 1.12 bits per heavy atom. The molecule has 1 aromatic rings. The largest absolute Gasteiger partial charge is 0.550 e. The maximum Gasteiger partial charge on any atom is 0.228 e. The van der Waals surface area contributed by atoms with Crippen LogP contribution in [0.3, 0.4) is 0 Å². The molecule has 1 amide bonds. The normalized spacial score (nSPS) is 26.6. The highest BCUT2D eigenvalue weighted by atomic mass is 16.5. The lowest BCUT2D eigenvalue weighted by atomic mass is 9.82. The Kier molecular flexibility index (Phi) is 5.41. The molecule has 2 aliphatic carbocycles. The van der Waals surface area contributed by atoms with Crippen LogP contribution in [-0.4, -0.2) is 18.5 Å². The smallest absolute Gasteiger partial charge is 0.228 e. The Hall–Kier alpha value is -2.30. The van der Waals surface area contributed by atoms with Crippen LogP contribution in [0.1, 0.15) is 32.6 Å². The summed E-state index contributed by atoms with van der Waals surface area (Å²) in [6, 6.07) is 7.20. The van der Waals surface area contributed by atoms with Crippen molar-refractivity contribution in [3.63, 3.8) is 0 Å². The Morgan fingerprint density at radius 2 is 1.80 bits per heavy atom. The number of unbranched alkanes of at least 4 members (excludes halogenated alkanes) is 2. The second-order valence-electron chi connectivity index (χ2n) is 6.89. The van der Waals surface area contributed by atoms with Crippen molar-refractivity contribution in [3.8, 4) is 5.75 Å². The predicted octanol–water partition coefficient (Wildman–Crippen LogP) is 2.38. The average Bonchev–Trinajstić information content (AvgIpc) is 3.21. The number of hydrogen-bond acceptors (Lipinski definition) is 4. The lowest BCUT2D eigenvalue weighted by Crippen LogP contribution is -2.42. The van der Waals surface area contributed by atoms with Gasteiger partial charge < -0.3 is 20.0 Å². The van der Waals surface area contributed by atoms with E-state index in [4.69, 9.17) is 4.74 Å². The Morgan fingerprint density at radius 3 is 2.44 bits per heavy atom. The lowest BCUT2D eigenvalue weighted by Gasteiger charge is -2.27. The Balaban J connectivity index is 1.58. The van der Waals surface area contributed by atoms with Gasteiger partial charge in [0.25, 0.3) is 0 Å².